The van der Waals surface area contributed by atoms with Crippen molar-refractivity contribution in [1.29, 1.82) is 0 Å². The van der Waals surface area contributed by atoms with E-state index in [0.717, 1.165) is 30.3 Å². The van der Waals surface area contributed by atoms with Gasteiger partial charge in [0.15, 0.2) is 0 Å². The molecule has 2 aromatic carbocycles. The quantitative estimate of drug-likeness (QED) is 0.741. The first-order valence-corrected chi connectivity index (χ1v) is 5.64. The fourth-order valence-corrected chi connectivity index (χ4v) is 1.83. The molecule has 3 aromatic rings. The number of hydrogen-bond donors (Lipinski definition) is 1. The molecule has 4 nitrogen and oxygen atoms in total. The summed E-state index contributed by atoms with van der Waals surface area (Å²) in [4.78, 5) is 15.4. The van der Waals surface area contributed by atoms with Crippen molar-refractivity contribution in [1.82, 2.24) is 4.98 Å². The van der Waals surface area contributed by atoms with Gasteiger partial charge in [-0.3, -0.25) is 4.79 Å². The summed E-state index contributed by atoms with van der Waals surface area (Å²) in [6.45, 7) is 0. The molecule has 1 aromatic heterocycles. The summed E-state index contributed by atoms with van der Waals surface area (Å²) in [5.41, 5.74) is -0.664. The molecule has 0 spiro atoms. The van der Waals surface area contributed by atoms with E-state index >= 15 is 0 Å². The summed E-state index contributed by atoms with van der Waals surface area (Å²) < 4.78 is 31.6. The maximum atomic E-state index is 13.2. The number of fused-ring (bicyclic) bond motifs is 1. The topological polar surface area (TPSA) is 63.3 Å². The second kappa shape index (κ2) is 4.41. The third-order valence-corrected chi connectivity index (χ3v) is 2.77. The third-order valence-electron chi connectivity index (χ3n) is 2.77. The van der Waals surface area contributed by atoms with Crippen LogP contribution in [-0.2, 0) is 0 Å². The number of aromatic hydroxyl groups is 1. The van der Waals surface area contributed by atoms with Crippen molar-refractivity contribution in [2.45, 2.75) is 0 Å². The molecule has 1 N–H and O–H groups in total. The highest BCUT2D eigenvalue weighted by molar-refractivity contribution is 5.77. The Labute approximate surface area is 110 Å². The molecule has 0 aliphatic carbocycles. The Kier molecular flexibility index (Phi) is 2.71. The molecule has 100 valence electrons. The SMILES string of the molecule is O=c1nc(-c2cc(F)ccc2O)oc2ccc(F)cc12. The van der Waals surface area contributed by atoms with Crippen LogP contribution in [0, 0.1) is 11.6 Å². The summed E-state index contributed by atoms with van der Waals surface area (Å²) in [6.07, 6.45) is 0. The van der Waals surface area contributed by atoms with Crippen molar-refractivity contribution in [3.05, 3.63) is 58.4 Å². The number of aromatic nitrogens is 1. The molecule has 3 rings (SSSR count). The first-order valence-electron chi connectivity index (χ1n) is 5.64. The number of halogens is 2. The predicted molar refractivity (Wildman–Crippen MR) is 67.3 cm³/mol. The normalized spacial score (nSPS) is 10.9. The Morgan fingerprint density at radius 2 is 1.75 bits per heavy atom. The van der Waals surface area contributed by atoms with Gasteiger partial charge < -0.3 is 9.52 Å². The van der Waals surface area contributed by atoms with Gasteiger partial charge in [-0.2, -0.15) is 4.98 Å². The van der Waals surface area contributed by atoms with E-state index in [1.807, 2.05) is 0 Å². The van der Waals surface area contributed by atoms with Gasteiger partial charge in [-0.25, -0.2) is 8.78 Å². The largest absolute Gasteiger partial charge is 0.507 e. The average Bonchev–Trinajstić information content (AvgIpc) is 2.42. The van der Waals surface area contributed by atoms with E-state index in [1.54, 1.807) is 0 Å². The zero-order valence-corrected chi connectivity index (χ0v) is 9.93. The number of rotatable bonds is 1. The lowest BCUT2D eigenvalue weighted by Crippen LogP contribution is -2.07. The molecule has 0 atom stereocenters. The van der Waals surface area contributed by atoms with Gasteiger partial charge in [-0.15, -0.1) is 0 Å². The van der Waals surface area contributed by atoms with Gasteiger partial charge in [-0.1, -0.05) is 0 Å². The maximum absolute atomic E-state index is 13.2. The van der Waals surface area contributed by atoms with Crippen molar-refractivity contribution in [2.75, 3.05) is 0 Å². The Morgan fingerprint density at radius 3 is 2.55 bits per heavy atom. The standard InChI is InChI=1S/C14H7F2NO3/c15-7-1-3-11(18)9(5-7)14-17-13(19)10-6-8(16)2-4-12(10)20-14/h1-6,18H. The van der Waals surface area contributed by atoms with E-state index in [2.05, 4.69) is 4.98 Å². The van der Waals surface area contributed by atoms with Crippen LogP contribution in [0.1, 0.15) is 0 Å². The lowest BCUT2D eigenvalue weighted by Gasteiger charge is -2.04. The summed E-state index contributed by atoms with van der Waals surface area (Å²) in [5, 5.41) is 9.64. The Morgan fingerprint density at radius 1 is 1.05 bits per heavy atom. The number of benzene rings is 2. The van der Waals surface area contributed by atoms with E-state index in [1.165, 1.54) is 6.07 Å². The van der Waals surface area contributed by atoms with Gasteiger partial charge in [0, 0.05) is 0 Å². The first kappa shape index (κ1) is 12.3. The van der Waals surface area contributed by atoms with Crippen molar-refractivity contribution in [3.63, 3.8) is 0 Å². The first-order chi connectivity index (χ1) is 9.54. The highest BCUT2D eigenvalue weighted by Crippen LogP contribution is 2.29. The van der Waals surface area contributed by atoms with Crippen LogP contribution in [0.15, 0.2) is 45.6 Å². The molecular formula is C14H7F2NO3. The second-order valence-corrected chi connectivity index (χ2v) is 4.13. The molecule has 0 bridgehead atoms. The van der Waals surface area contributed by atoms with Gasteiger partial charge in [0.1, 0.15) is 23.0 Å². The summed E-state index contributed by atoms with van der Waals surface area (Å²) in [7, 11) is 0. The number of phenols is 1. The molecule has 0 aliphatic rings. The molecule has 0 fully saturated rings. The van der Waals surface area contributed by atoms with Crippen LogP contribution in [0.5, 0.6) is 5.75 Å². The van der Waals surface area contributed by atoms with Crippen molar-refractivity contribution in [2.24, 2.45) is 0 Å². The van der Waals surface area contributed by atoms with Crippen LogP contribution in [0.2, 0.25) is 0 Å². The molecule has 0 saturated heterocycles. The summed E-state index contributed by atoms with van der Waals surface area (Å²) in [5.74, 6) is -1.70. The number of nitrogens with zero attached hydrogens (tertiary/aromatic N) is 1. The Hall–Kier alpha value is -2.76. The Bertz CT molecular complexity index is 874. The molecular weight excluding hydrogens is 268 g/mol. The Balaban J connectivity index is 2.30. The fourth-order valence-electron chi connectivity index (χ4n) is 1.83. The van der Waals surface area contributed by atoms with E-state index in [-0.39, 0.29) is 28.2 Å². The highest BCUT2D eigenvalue weighted by atomic mass is 19.1. The number of hydrogen-bond acceptors (Lipinski definition) is 4. The lowest BCUT2D eigenvalue weighted by molar-refractivity contribution is 0.471. The molecule has 1 heterocycles. The maximum Gasteiger partial charge on any atom is 0.284 e. The molecule has 0 unspecified atom stereocenters. The third kappa shape index (κ3) is 2.01. The van der Waals surface area contributed by atoms with Gasteiger partial charge >= 0.3 is 0 Å². The monoisotopic (exact) mass is 275 g/mol. The summed E-state index contributed by atoms with van der Waals surface area (Å²) in [6, 6.07) is 6.59. The van der Waals surface area contributed by atoms with E-state index in [4.69, 9.17) is 4.42 Å². The number of phenolic OH excluding ortho intramolecular Hbond substituents is 1. The van der Waals surface area contributed by atoms with E-state index < -0.39 is 17.2 Å². The molecule has 0 saturated carbocycles. The van der Waals surface area contributed by atoms with E-state index in [0.29, 0.717) is 0 Å². The van der Waals surface area contributed by atoms with Crippen LogP contribution >= 0.6 is 0 Å². The van der Waals surface area contributed by atoms with Gasteiger partial charge in [-0.05, 0) is 36.4 Å². The van der Waals surface area contributed by atoms with Crippen LogP contribution in [0.4, 0.5) is 8.78 Å². The van der Waals surface area contributed by atoms with Crippen molar-refractivity contribution < 1.29 is 18.3 Å². The van der Waals surface area contributed by atoms with Crippen LogP contribution in [0.25, 0.3) is 22.4 Å². The van der Waals surface area contributed by atoms with Gasteiger partial charge in [0.05, 0.1) is 10.9 Å². The minimum absolute atomic E-state index is 0.0235. The lowest BCUT2D eigenvalue weighted by atomic mass is 10.2. The molecule has 0 amide bonds. The minimum Gasteiger partial charge on any atom is -0.507 e. The average molecular weight is 275 g/mol. The zero-order chi connectivity index (χ0) is 14.3. The van der Waals surface area contributed by atoms with Crippen LogP contribution in [0.3, 0.4) is 0 Å². The van der Waals surface area contributed by atoms with Gasteiger partial charge in [0.2, 0.25) is 5.89 Å². The smallest absolute Gasteiger partial charge is 0.284 e. The van der Waals surface area contributed by atoms with Crippen LogP contribution in [-0.4, -0.2) is 10.1 Å². The minimum atomic E-state index is -0.718. The van der Waals surface area contributed by atoms with Crippen molar-refractivity contribution >= 4 is 11.0 Å². The molecule has 6 heteroatoms. The fraction of sp³-hybridized carbons (Fsp3) is 0. The molecule has 20 heavy (non-hydrogen) atoms. The second-order valence-electron chi connectivity index (χ2n) is 4.13. The van der Waals surface area contributed by atoms with E-state index in [9.17, 15) is 18.7 Å². The van der Waals surface area contributed by atoms with Gasteiger partial charge in [0.25, 0.3) is 5.56 Å². The summed E-state index contributed by atoms with van der Waals surface area (Å²) >= 11 is 0. The highest BCUT2D eigenvalue weighted by Gasteiger charge is 2.13. The zero-order valence-electron chi connectivity index (χ0n) is 9.93. The molecule has 0 aliphatic heterocycles. The van der Waals surface area contributed by atoms with Crippen molar-refractivity contribution in [3.8, 4) is 17.2 Å². The molecule has 0 radical (unpaired) electrons. The predicted octanol–water partition coefficient (Wildman–Crippen LogP) is 2.84. The van der Waals surface area contributed by atoms with Crippen LogP contribution < -0.4 is 5.56 Å².